The third-order valence-corrected chi connectivity index (χ3v) is 14.3. The maximum Gasteiger partial charge on any atom is 0.325 e. The lowest BCUT2D eigenvalue weighted by Crippen LogP contribution is -2.70. The summed E-state index contributed by atoms with van der Waals surface area (Å²) in [7, 11) is 4.65. The van der Waals surface area contributed by atoms with Gasteiger partial charge in [0.1, 0.15) is 35.1 Å². The number of likely N-dealkylation sites (N-methyl/N-ethyl adjacent to an activating group) is 1. The second-order valence-corrected chi connectivity index (χ2v) is 19.7. The Kier molecular flexibility index (Phi) is 19.1. The largest absolute Gasteiger partial charge is 0.459 e. The molecule has 3 aliphatic heterocycles. The fraction of sp³-hybridized carbons (Fsp3) is 0.870. The van der Waals surface area contributed by atoms with Gasteiger partial charge in [-0.15, -0.1) is 0 Å². The van der Waals surface area contributed by atoms with Crippen molar-refractivity contribution in [3.05, 3.63) is 18.6 Å². The van der Waals surface area contributed by atoms with Crippen molar-refractivity contribution in [1.82, 2.24) is 25.5 Å². The number of carbonyl (C=O) groups is 2. The number of nitrogens with zero attached hydrogens (tertiary/aromatic N) is 4. The molecule has 0 unspecified atom stereocenters. The van der Waals surface area contributed by atoms with E-state index in [-0.39, 0.29) is 38.1 Å². The van der Waals surface area contributed by atoms with Crippen molar-refractivity contribution < 1.29 is 63.5 Å². The molecule has 0 aromatic carbocycles. The molecule has 374 valence electrons. The van der Waals surface area contributed by atoms with Crippen LogP contribution in [0.15, 0.2) is 18.6 Å². The average molecular weight is 927 g/mol. The number of hydrogen-bond donors (Lipinski definition) is 7. The Labute approximate surface area is 386 Å². The predicted molar refractivity (Wildman–Crippen MR) is 242 cm³/mol. The van der Waals surface area contributed by atoms with E-state index in [4.69, 9.17) is 28.4 Å². The van der Waals surface area contributed by atoms with Crippen LogP contribution in [0.25, 0.3) is 0 Å². The number of carbonyl (C=O) groups excluding carboxylic acids is 2. The van der Waals surface area contributed by atoms with E-state index in [1.165, 1.54) is 42.4 Å². The van der Waals surface area contributed by atoms with Gasteiger partial charge in [0.05, 0.1) is 48.2 Å². The van der Waals surface area contributed by atoms with Crippen LogP contribution in [0.1, 0.15) is 108 Å². The minimum atomic E-state index is -1.86. The number of methoxy groups -OCH3 is 1. The third kappa shape index (κ3) is 12.3. The summed E-state index contributed by atoms with van der Waals surface area (Å²) in [6, 6.07) is -1.91. The molecule has 1 aromatic heterocycles. The summed E-state index contributed by atoms with van der Waals surface area (Å²) in [6.45, 7) is 20.3. The second-order valence-electron chi connectivity index (χ2n) is 19.7. The van der Waals surface area contributed by atoms with E-state index in [2.05, 4.69) is 20.6 Å². The van der Waals surface area contributed by atoms with Crippen LogP contribution in [0, 0.1) is 17.8 Å². The van der Waals surface area contributed by atoms with Gasteiger partial charge in [-0.05, 0) is 93.2 Å². The molecule has 3 saturated heterocycles. The molecule has 4 heterocycles. The van der Waals surface area contributed by atoms with Crippen molar-refractivity contribution in [2.24, 2.45) is 17.8 Å². The minimum absolute atomic E-state index is 0.0388. The van der Waals surface area contributed by atoms with Crippen LogP contribution in [0.4, 0.5) is 10.6 Å². The van der Waals surface area contributed by atoms with Crippen LogP contribution >= 0.6 is 0 Å². The van der Waals surface area contributed by atoms with Crippen LogP contribution in [0.5, 0.6) is 0 Å². The van der Waals surface area contributed by atoms with Gasteiger partial charge >= 0.3 is 12.0 Å². The Bertz CT molecular complexity index is 1670. The molecule has 0 radical (unpaired) electrons. The Hall–Kier alpha value is -2.66. The number of aromatic nitrogens is 2. The van der Waals surface area contributed by atoms with Crippen molar-refractivity contribution in [3.8, 4) is 0 Å². The van der Waals surface area contributed by atoms with Gasteiger partial charge in [-0.3, -0.25) is 14.7 Å². The summed E-state index contributed by atoms with van der Waals surface area (Å²) < 4.78 is 38.6. The standard InChI is InChI=1S/C46H82N6O13/c1-15-17-48-25-46(59)31(8)62-35(22-44(46,10)60-14)64-37-28(5)39(65-41-36(53)32(20-27(4)61-41)51(12)42(56)52(13)34-24-47-18-19-49-34)43(9,57)21-26(3)23-50-30(7)38(54)45(11,58)33(16-2)63-40(55)29(37)6/h18-19,24,26-33,35-39,41,48,50,53-54,57-59H,15-17,20-23,25H2,1-14H3/t26-,27-,28+,29-,30-,31+,32+,33-,35+,36-,37+,38-,39-,41+,43-,44-,45-,46+/m1/s1. The highest BCUT2D eigenvalue weighted by molar-refractivity contribution is 5.90. The van der Waals surface area contributed by atoms with Gasteiger partial charge in [0.2, 0.25) is 0 Å². The zero-order chi connectivity index (χ0) is 48.8. The van der Waals surface area contributed by atoms with Gasteiger partial charge < -0.3 is 69.5 Å². The topological polar surface area (TPSA) is 247 Å². The number of cyclic esters (lactones) is 1. The normalized spacial score (nSPS) is 42.6. The van der Waals surface area contributed by atoms with Crippen LogP contribution in [-0.2, 0) is 33.2 Å². The summed E-state index contributed by atoms with van der Waals surface area (Å²) in [4.78, 5) is 39.4. The molecule has 65 heavy (non-hydrogen) atoms. The Morgan fingerprint density at radius 1 is 1.00 bits per heavy atom. The highest BCUT2D eigenvalue weighted by Crippen LogP contribution is 2.43. The Morgan fingerprint density at radius 2 is 1.68 bits per heavy atom. The van der Waals surface area contributed by atoms with E-state index in [0.29, 0.717) is 18.9 Å². The molecule has 19 heteroatoms. The fourth-order valence-electron chi connectivity index (χ4n) is 10.0. The molecule has 3 fully saturated rings. The SMILES string of the molecule is CCCNC[C@]1(O)[C@H](C)O[C@@H](O[C@H]2[C@H](C)[C@@H](O[C@@H]3O[C@H](C)C[C@H](N(C)C(=O)N(C)c4cnccn4)[C@H]3O)[C@](C)(O)C[C@@H](C)CN[C@H](C)[C@@H](O)[C@](C)(O)[C@@H](CC)OC(=O)[C@@H]2C)C[C@@]1(C)OC. The van der Waals surface area contributed by atoms with Crippen molar-refractivity contribution in [2.75, 3.05) is 45.7 Å². The van der Waals surface area contributed by atoms with Crippen LogP contribution in [0.2, 0.25) is 0 Å². The van der Waals surface area contributed by atoms with Crippen LogP contribution < -0.4 is 15.5 Å². The number of aliphatic hydroxyl groups is 5. The molecule has 19 nitrogen and oxygen atoms in total. The molecule has 4 rings (SSSR count). The maximum absolute atomic E-state index is 14.5. The second kappa shape index (κ2) is 22.6. The van der Waals surface area contributed by atoms with Crippen molar-refractivity contribution in [2.45, 2.75) is 198 Å². The first-order valence-corrected chi connectivity index (χ1v) is 23.4. The van der Waals surface area contributed by atoms with E-state index >= 15 is 0 Å². The number of amides is 2. The zero-order valence-corrected chi connectivity index (χ0v) is 41.3. The quantitative estimate of drug-likeness (QED) is 0.117. The molecule has 18 atom stereocenters. The molecular formula is C46H82N6O13. The van der Waals surface area contributed by atoms with E-state index in [0.717, 1.165) is 6.42 Å². The Balaban J connectivity index is 1.80. The summed E-state index contributed by atoms with van der Waals surface area (Å²) >= 11 is 0. The first kappa shape index (κ1) is 54.9. The molecule has 0 saturated carbocycles. The van der Waals surface area contributed by atoms with Crippen molar-refractivity contribution in [1.29, 1.82) is 0 Å². The van der Waals surface area contributed by atoms with Crippen LogP contribution in [-0.4, -0.2) is 183 Å². The molecule has 2 amide bonds. The number of aliphatic hydroxyl groups excluding tert-OH is 2. The maximum atomic E-state index is 14.5. The highest BCUT2D eigenvalue weighted by Gasteiger charge is 2.58. The van der Waals surface area contributed by atoms with Gasteiger partial charge in [-0.1, -0.05) is 27.7 Å². The monoisotopic (exact) mass is 927 g/mol. The number of hydrogen-bond acceptors (Lipinski definition) is 17. The number of esters is 1. The van der Waals surface area contributed by atoms with Gasteiger partial charge in [-0.25, -0.2) is 9.78 Å². The first-order valence-electron chi connectivity index (χ1n) is 23.4. The highest BCUT2D eigenvalue weighted by atomic mass is 16.7. The first-order chi connectivity index (χ1) is 30.3. The number of rotatable bonds is 12. The van der Waals surface area contributed by atoms with E-state index < -0.39 is 114 Å². The van der Waals surface area contributed by atoms with Crippen molar-refractivity contribution >= 4 is 17.8 Å². The molecule has 0 aliphatic carbocycles. The van der Waals surface area contributed by atoms with Crippen molar-refractivity contribution in [3.63, 3.8) is 0 Å². The number of nitrogens with one attached hydrogen (secondary N) is 2. The summed E-state index contributed by atoms with van der Waals surface area (Å²) in [6.07, 6.45) is -4.15. The van der Waals surface area contributed by atoms with Gasteiger partial charge in [0.15, 0.2) is 18.4 Å². The summed E-state index contributed by atoms with van der Waals surface area (Å²) in [5.74, 6) is -2.70. The van der Waals surface area contributed by atoms with E-state index in [1.807, 2.05) is 13.8 Å². The molecule has 7 N–H and O–H groups in total. The number of ether oxygens (including phenoxy) is 6. The van der Waals surface area contributed by atoms with Gasteiger partial charge in [0, 0.05) is 58.5 Å². The average Bonchev–Trinajstić information content (AvgIpc) is 3.26. The van der Waals surface area contributed by atoms with E-state index in [9.17, 15) is 35.1 Å². The smallest absolute Gasteiger partial charge is 0.325 e. The lowest BCUT2D eigenvalue weighted by Gasteiger charge is -2.53. The summed E-state index contributed by atoms with van der Waals surface area (Å²) in [5.41, 5.74) is -6.24. The number of urea groups is 1. The lowest BCUT2D eigenvalue weighted by atomic mass is 9.75. The molecule has 0 spiro atoms. The van der Waals surface area contributed by atoms with Crippen LogP contribution in [0.3, 0.4) is 0 Å². The zero-order valence-electron chi connectivity index (χ0n) is 41.3. The number of anilines is 1. The molecule has 3 aliphatic rings. The predicted octanol–water partition coefficient (Wildman–Crippen LogP) is 2.34. The Morgan fingerprint density at radius 3 is 2.28 bits per heavy atom. The van der Waals surface area contributed by atoms with E-state index in [1.54, 1.807) is 69.5 Å². The van der Waals surface area contributed by atoms with Gasteiger partial charge in [0.25, 0.3) is 0 Å². The molecule has 1 aromatic rings. The molecule has 0 bridgehead atoms. The van der Waals surface area contributed by atoms with Gasteiger partial charge in [-0.2, -0.15) is 0 Å². The lowest BCUT2D eigenvalue weighted by molar-refractivity contribution is -0.336. The minimum Gasteiger partial charge on any atom is -0.459 e. The third-order valence-electron chi connectivity index (χ3n) is 14.3. The fourth-order valence-corrected chi connectivity index (χ4v) is 10.0. The summed E-state index contributed by atoms with van der Waals surface area (Å²) in [5, 5.41) is 66.8. The molecular weight excluding hydrogens is 845 g/mol.